The standard InChI is InChI=1S/C33H52N4O7Si2/c1-22(16-23-12-14-25(15-13-23)41-21-28-30(31(34)39)37(40)44-36-28)35-20-29(38)24-17-26(42-45(8,9)32(2,3)4)19-27(18-24)43-46(10,11)33(5,6)7/h12-15,17-19,22,29,35,38H,16,20-21H2,1-11H3,(H2,34,39). The molecule has 0 aliphatic heterocycles. The van der Waals surface area contributed by atoms with Crippen molar-refractivity contribution in [3.8, 4) is 17.2 Å². The Morgan fingerprint density at radius 1 is 0.978 bits per heavy atom. The van der Waals surface area contributed by atoms with Gasteiger partial charge in [0.05, 0.1) is 6.10 Å². The summed E-state index contributed by atoms with van der Waals surface area (Å²) in [7, 11) is -4.25. The fraction of sp³-hybridized carbons (Fsp3) is 0.545. The number of aliphatic hydroxyl groups excluding tert-OH is 1. The van der Waals surface area contributed by atoms with Crippen LogP contribution in [0.25, 0.3) is 0 Å². The molecule has 0 fully saturated rings. The number of hydrogen-bond donors (Lipinski definition) is 3. The van der Waals surface area contributed by atoms with E-state index >= 15 is 0 Å². The second-order valence-electron chi connectivity index (χ2n) is 15.0. The predicted octanol–water partition coefficient (Wildman–Crippen LogP) is 6.01. The SMILES string of the molecule is CC(Cc1ccc(OCc2no[n+]([O-])c2C(N)=O)cc1)NCC(O)c1cc(O[Si](C)(C)C(C)(C)C)cc(O[Si](C)(C)C(C)(C)C)c1. The lowest BCUT2D eigenvalue weighted by atomic mass is 10.1. The van der Waals surface area contributed by atoms with Gasteiger partial charge in [-0.15, -0.1) is 0 Å². The van der Waals surface area contributed by atoms with Crippen molar-refractivity contribution in [3.63, 3.8) is 0 Å². The molecule has 3 rings (SSSR count). The third kappa shape index (κ3) is 9.56. The molecule has 0 bridgehead atoms. The molecule has 2 unspecified atom stereocenters. The molecule has 1 heterocycles. The summed E-state index contributed by atoms with van der Waals surface area (Å²) in [6, 6.07) is 13.4. The molecule has 13 heteroatoms. The highest BCUT2D eigenvalue weighted by Crippen LogP contribution is 2.41. The van der Waals surface area contributed by atoms with Crippen LogP contribution in [0, 0.1) is 5.21 Å². The van der Waals surface area contributed by atoms with Crippen molar-refractivity contribution in [2.45, 2.75) is 110 Å². The van der Waals surface area contributed by atoms with Crippen LogP contribution in [0.3, 0.4) is 0 Å². The number of aromatic nitrogens is 2. The lowest BCUT2D eigenvalue weighted by molar-refractivity contribution is -0.803. The van der Waals surface area contributed by atoms with Crippen LogP contribution in [0.1, 0.15) is 81.9 Å². The Hall–Kier alpha value is -3.40. The van der Waals surface area contributed by atoms with Crippen LogP contribution >= 0.6 is 0 Å². The van der Waals surface area contributed by atoms with Gasteiger partial charge in [0.1, 0.15) is 17.2 Å². The fourth-order valence-electron chi connectivity index (χ4n) is 4.13. The minimum absolute atomic E-state index is 0.0235. The number of rotatable bonds is 14. The van der Waals surface area contributed by atoms with Gasteiger partial charge in [-0.25, -0.2) is 0 Å². The van der Waals surface area contributed by atoms with E-state index in [4.69, 9.17) is 19.3 Å². The highest BCUT2D eigenvalue weighted by Gasteiger charge is 2.41. The van der Waals surface area contributed by atoms with Crippen molar-refractivity contribution >= 4 is 22.5 Å². The van der Waals surface area contributed by atoms with Crippen LogP contribution in [-0.4, -0.2) is 45.4 Å². The number of nitrogens with one attached hydrogen (secondary N) is 1. The topological polar surface area (TPSA) is 156 Å². The average molecular weight is 673 g/mol. The third-order valence-corrected chi connectivity index (χ3v) is 17.8. The van der Waals surface area contributed by atoms with E-state index in [1.165, 1.54) is 0 Å². The van der Waals surface area contributed by atoms with E-state index < -0.39 is 28.6 Å². The molecule has 0 aliphatic rings. The van der Waals surface area contributed by atoms with Crippen molar-refractivity contribution in [3.05, 3.63) is 70.2 Å². The van der Waals surface area contributed by atoms with Gasteiger partial charge in [-0.05, 0) is 89.9 Å². The monoisotopic (exact) mass is 672 g/mol. The van der Waals surface area contributed by atoms with Gasteiger partial charge in [0.15, 0.2) is 6.61 Å². The maximum atomic E-state index is 11.5. The summed E-state index contributed by atoms with van der Waals surface area (Å²) in [5.41, 5.74) is 6.67. The quantitative estimate of drug-likeness (QED) is 0.138. The number of hydrogen-bond acceptors (Lipinski definition) is 9. The van der Waals surface area contributed by atoms with Gasteiger partial charge in [-0.3, -0.25) is 9.42 Å². The van der Waals surface area contributed by atoms with E-state index in [-0.39, 0.29) is 39.0 Å². The first-order chi connectivity index (χ1) is 21.1. The van der Waals surface area contributed by atoms with E-state index in [0.717, 1.165) is 22.6 Å². The third-order valence-electron chi connectivity index (χ3n) is 9.06. The fourth-order valence-corrected chi connectivity index (χ4v) is 6.16. The van der Waals surface area contributed by atoms with Gasteiger partial charge in [0.25, 0.3) is 17.3 Å². The summed E-state index contributed by atoms with van der Waals surface area (Å²) < 4.78 is 23.4. The van der Waals surface area contributed by atoms with Gasteiger partial charge in [0.2, 0.25) is 16.6 Å². The number of amides is 1. The lowest BCUT2D eigenvalue weighted by Gasteiger charge is -2.38. The Labute approximate surface area is 275 Å². The number of carbonyl (C=O) groups is 1. The minimum Gasteiger partial charge on any atom is -0.543 e. The van der Waals surface area contributed by atoms with Crippen molar-refractivity contribution < 1.29 is 33.0 Å². The van der Waals surface area contributed by atoms with Crippen molar-refractivity contribution in [2.75, 3.05) is 6.54 Å². The molecule has 0 saturated carbocycles. The van der Waals surface area contributed by atoms with Gasteiger partial charge >= 0.3 is 0 Å². The van der Waals surface area contributed by atoms with E-state index in [9.17, 15) is 15.1 Å². The normalized spacial score (nSPS) is 14.1. The van der Waals surface area contributed by atoms with E-state index in [2.05, 4.69) is 89.8 Å². The molecule has 3 aromatic rings. The first kappa shape index (κ1) is 37.1. The number of aliphatic hydroxyl groups is 1. The zero-order valence-corrected chi connectivity index (χ0v) is 31.2. The molecule has 0 spiro atoms. The number of primary amides is 1. The number of nitrogens with two attached hydrogens (primary N) is 1. The van der Waals surface area contributed by atoms with Crippen molar-refractivity contribution in [1.82, 2.24) is 10.5 Å². The maximum Gasteiger partial charge on any atom is 0.297 e. The second kappa shape index (κ2) is 14.2. The van der Waals surface area contributed by atoms with Gasteiger partial charge in [-0.1, -0.05) is 53.7 Å². The Kier molecular flexibility index (Phi) is 11.4. The highest BCUT2D eigenvalue weighted by molar-refractivity contribution is 6.75. The number of ether oxygens (including phenoxy) is 1. The molecule has 0 saturated heterocycles. The average Bonchev–Trinajstić information content (AvgIpc) is 3.29. The molecular formula is C33H52N4O7Si2. The predicted molar refractivity (Wildman–Crippen MR) is 183 cm³/mol. The van der Waals surface area contributed by atoms with Crippen molar-refractivity contribution in [2.24, 2.45) is 5.73 Å². The molecule has 0 aliphatic carbocycles. The maximum absolute atomic E-state index is 11.5. The second-order valence-corrected chi connectivity index (χ2v) is 24.5. The highest BCUT2D eigenvalue weighted by atomic mass is 28.4. The largest absolute Gasteiger partial charge is 0.543 e. The molecule has 1 amide bonds. The molecule has 11 nitrogen and oxygen atoms in total. The van der Waals surface area contributed by atoms with Crippen LogP contribution in [0.4, 0.5) is 0 Å². The molecule has 254 valence electrons. The van der Waals surface area contributed by atoms with E-state index in [1.807, 2.05) is 30.3 Å². The summed E-state index contributed by atoms with van der Waals surface area (Å²) in [5.74, 6) is 1.05. The Morgan fingerprint density at radius 3 is 1.98 bits per heavy atom. The molecule has 2 atom stereocenters. The lowest BCUT2D eigenvalue weighted by Crippen LogP contribution is -2.44. The molecule has 1 aromatic heterocycles. The van der Waals surface area contributed by atoms with Gasteiger partial charge in [0, 0.05) is 23.8 Å². The Morgan fingerprint density at radius 2 is 1.50 bits per heavy atom. The number of carbonyl (C=O) groups excluding carboxylic acids is 1. The first-order valence-corrected chi connectivity index (χ1v) is 21.5. The van der Waals surface area contributed by atoms with Crippen LogP contribution in [0.15, 0.2) is 47.1 Å². The summed E-state index contributed by atoms with van der Waals surface area (Å²) in [5, 5.41) is 29.9. The zero-order valence-electron chi connectivity index (χ0n) is 29.2. The summed E-state index contributed by atoms with van der Waals surface area (Å²) in [6.07, 6.45) is -0.0513. The zero-order chi connectivity index (χ0) is 34.7. The van der Waals surface area contributed by atoms with Gasteiger partial charge < -0.3 is 35.0 Å². The van der Waals surface area contributed by atoms with Crippen LogP contribution in [0.2, 0.25) is 36.3 Å². The molecule has 46 heavy (non-hydrogen) atoms. The molecule has 4 N–H and O–H groups in total. The number of nitrogens with zero attached hydrogens (tertiary/aromatic N) is 2. The number of benzene rings is 2. The summed E-state index contributed by atoms with van der Waals surface area (Å²) in [6.45, 7) is 24.4. The van der Waals surface area contributed by atoms with Crippen LogP contribution < -0.4 is 29.5 Å². The Balaban J connectivity index is 1.66. The molecular weight excluding hydrogens is 621 g/mol. The van der Waals surface area contributed by atoms with Gasteiger partial charge in [-0.2, -0.15) is 0 Å². The smallest absolute Gasteiger partial charge is 0.297 e. The molecule has 0 radical (unpaired) electrons. The minimum atomic E-state index is -2.12. The summed E-state index contributed by atoms with van der Waals surface area (Å²) in [4.78, 5) is 11.4. The first-order valence-electron chi connectivity index (χ1n) is 15.6. The van der Waals surface area contributed by atoms with Crippen molar-refractivity contribution in [1.29, 1.82) is 0 Å². The molecule has 2 aromatic carbocycles. The van der Waals surface area contributed by atoms with Crippen LogP contribution in [-0.2, 0) is 13.0 Å². The van der Waals surface area contributed by atoms with E-state index in [0.29, 0.717) is 18.7 Å². The Bertz CT molecular complexity index is 1430. The summed E-state index contributed by atoms with van der Waals surface area (Å²) >= 11 is 0. The van der Waals surface area contributed by atoms with E-state index in [1.54, 1.807) is 12.1 Å². The van der Waals surface area contributed by atoms with Crippen LogP contribution in [0.5, 0.6) is 17.2 Å².